The fraction of sp³-hybridized carbons (Fsp3) is 0.300. The Bertz CT molecular complexity index is 723. The van der Waals surface area contributed by atoms with Crippen LogP contribution in [0.1, 0.15) is 35.2 Å². The Hall–Kier alpha value is -2.80. The lowest BCUT2D eigenvalue weighted by molar-refractivity contribution is 0.102. The van der Waals surface area contributed by atoms with E-state index in [4.69, 9.17) is 5.26 Å². The van der Waals surface area contributed by atoms with Crippen LogP contribution in [0.4, 0.5) is 11.4 Å². The van der Waals surface area contributed by atoms with Crippen molar-refractivity contribution in [3.8, 4) is 6.07 Å². The molecule has 0 unspecified atom stereocenters. The molecule has 1 aliphatic heterocycles. The molecule has 0 atom stereocenters. The van der Waals surface area contributed by atoms with E-state index in [1.165, 1.54) is 24.9 Å². The molecule has 1 aliphatic rings. The van der Waals surface area contributed by atoms with Gasteiger partial charge in [-0.2, -0.15) is 5.26 Å². The molecular formula is C20H21N3O. The summed E-state index contributed by atoms with van der Waals surface area (Å²) >= 11 is 0. The SMILES string of the molecule is N#CCc1ccc(NC(=O)c2ccc(N3CCCCC3)cc2)cc1. The highest BCUT2D eigenvalue weighted by Crippen LogP contribution is 2.20. The Morgan fingerprint density at radius 3 is 2.29 bits per heavy atom. The summed E-state index contributed by atoms with van der Waals surface area (Å²) in [7, 11) is 0. The zero-order valence-corrected chi connectivity index (χ0v) is 13.7. The largest absolute Gasteiger partial charge is 0.372 e. The first-order valence-electron chi connectivity index (χ1n) is 8.38. The van der Waals surface area contributed by atoms with Crippen LogP contribution in [0.15, 0.2) is 48.5 Å². The second kappa shape index (κ2) is 7.65. The lowest BCUT2D eigenvalue weighted by atomic mass is 10.1. The van der Waals surface area contributed by atoms with Crippen molar-refractivity contribution in [3.05, 3.63) is 59.7 Å². The van der Waals surface area contributed by atoms with Crippen LogP contribution >= 0.6 is 0 Å². The third kappa shape index (κ3) is 3.94. The molecule has 1 N–H and O–H groups in total. The minimum atomic E-state index is -0.117. The van der Waals surface area contributed by atoms with Gasteiger partial charge in [0.15, 0.2) is 0 Å². The van der Waals surface area contributed by atoms with E-state index in [0.29, 0.717) is 12.0 Å². The molecule has 4 heteroatoms. The molecule has 0 spiro atoms. The van der Waals surface area contributed by atoms with E-state index in [1.807, 2.05) is 48.5 Å². The number of hydrogen-bond acceptors (Lipinski definition) is 3. The summed E-state index contributed by atoms with van der Waals surface area (Å²) in [5, 5.41) is 11.6. The Morgan fingerprint density at radius 2 is 1.67 bits per heavy atom. The summed E-state index contributed by atoms with van der Waals surface area (Å²) in [4.78, 5) is 14.7. The molecule has 0 radical (unpaired) electrons. The molecule has 1 fully saturated rings. The molecule has 1 heterocycles. The van der Waals surface area contributed by atoms with E-state index >= 15 is 0 Å². The van der Waals surface area contributed by atoms with Gasteiger partial charge in [0, 0.05) is 30.0 Å². The van der Waals surface area contributed by atoms with Crippen LogP contribution in [0.5, 0.6) is 0 Å². The van der Waals surface area contributed by atoms with Gasteiger partial charge in [-0.25, -0.2) is 0 Å². The third-order valence-corrected chi connectivity index (χ3v) is 4.35. The number of piperidine rings is 1. The van der Waals surface area contributed by atoms with Crippen LogP contribution in [-0.4, -0.2) is 19.0 Å². The molecule has 0 aliphatic carbocycles. The van der Waals surface area contributed by atoms with Crippen molar-refractivity contribution in [1.29, 1.82) is 5.26 Å². The van der Waals surface area contributed by atoms with Gasteiger partial charge in [-0.15, -0.1) is 0 Å². The van der Waals surface area contributed by atoms with Crippen molar-refractivity contribution in [1.82, 2.24) is 0 Å². The van der Waals surface area contributed by atoms with E-state index in [-0.39, 0.29) is 5.91 Å². The van der Waals surface area contributed by atoms with Gasteiger partial charge in [0.05, 0.1) is 12.5 Å². The second-order valence-corrected chi connectivity index (χ2v) is 6.08. The highest BCUT2D eigenvalue weighted by Gasteiger charge is 2.12. The number of carbonyl (C=O) groups excluding carboxylic acids is 1. The third-order valence-electron chi connectivity index (χ3n) is 4.35. The van der Waals surface area contributed by atoms with Crippen molar-refractivity contribution in [2.24, 2.45) is 0 Å². The van der Waals surface area contributed by atoms with Crippen LogP contribution in [0.2, 0.25) is 0 Å². The highest BCUT2D eigenvalue weighted by atomic mass is 16.1. The quantitative estimate of drug-likeness (QED) is 0.927. The molecule has 122 valence electrons. The summed E-state index contributed by atoms with van der Waals surface area (Å²) in [6.45, 7) is 2.20. The standard InChI is InChI=1S/C20H21N3O/c21-13-12-16-4-8-18(9-5-16)22-20(24)17-6-10-19(11-7-17)23-14-2-1-3-15-23/h4-11H,1-3,12,14-15H2,(H,22,24). The van der Waals surface area contributed by atoms with E-state index < -0.39 is 0 Å². The number of hydrogen-bond donors (Lipinski definition) is 1. The fourth-order valence-corrected chi connectivity index (χ4v) is 2.98. The number of rotatable bonds is 4. The van der Waals surface area contributed by atoms with Gasteiger partial charge in [-0.1, -0.05) is 12.1 Å². The fourth-order valence-electron chi connectivity index (χ4n) is 2.98. The van der Waals surface area contributed by atoms with Crippen LogP contribution in [0.3, 0.4) is 0 Å². The van der Waals surface area contributed by atoms with Crippen molar-refractivity contribution in [2.45, 2.75) is 25.7 Å². The number of amides is 1. The first-order chi connectivity index (χ1) is 11.8. The normalized spacial score (nSPS) is 14.0. The zero-order valence-electron chi connectivity index (χ0n) is 13.7. The smallest absolute Gasteiger partial charge is 0.255 e. The average molecular weight is 319 g/mol. The summed E-state index contributed by atoms with van der Waals surface area (Å²) in [6.07, 6.45) is 4.17. The van der Waals surface area contributed by atoms with Crippen LogP contribution in [0.25, 0.3) is 0 Å². The summed E-state index contributed by atoms with van der Waals surface area (Å²) in [6, 6.07) is 17.3. The molecule has 0 saturated carbocycles. The van der Waals surface area contributed by atoms with Gasteiger partial charge in [0.2, 0.25) is 0 Å². The number of nitrogens with zero attached hydrogens (tertiary/aromatic N) is 2. The topological polar surface area (TPSA) is 56.1 Å². The molecule has 4 nitrogen and oxygen atoms in total. The van der Waals surface area contributed by atoms with Crippen molar-refractivity contribution in [2.75, 3.05) is 23.3 Å². The Morgan fingerprint density at radius 1 is 1.00 bits per heavy atom. The zero-order chi connectivity index (χ0) is 16.8. The van der Waals surface area contributed by atoms with Gasteiger partial charge in [0.1, 0.15) is 0 Å². The summed E-state index contributed by atoms with van der Waals surface area (Å²) in [5.74, 6) is -0.117. The van der Waals surface area contributed by atoms with Gasteiger partial charge in [-0.05, 0) is 61.2 Å². The summed E-state index contributed by atoms with van der Waals surface area (Å²) in [5.41, 5.74) is 3.52. The molecule has 0 aromatic heterocycles. The van der Waals surface area contributed by atoms with Crippen molar-refractivity contribution >= 4 is 17.3 Å². The minimum absolute atomic E-state index is 0.117. The van der Waals surface area contributed by atoms with E-state index in [9.17, 15) is 4.79 Å². The molecule has 0 bridgehead atoms. The molecule has 2 aromatic rings. The minimum Gasteiger partial charge on any atom is -0.372 e. The van der Waals surface area contributed by atoms with Crippen molar-refractivity contribution < 1.29 is 4.79 Å². The Labute approximate surface area is 142 Å². The predicted molar refractivity (Wildman–Crippen MR) is 96.2 cm³/mol. The van der Waals surface area contributed by atoms with E-state index in [0.717, 1.165) is 24.3 Å². The maximum Gasteiger partial charge on any atom is 0.255 e. The average Bonchev–Trinajstić information content (AvgIpc) is 2.64. The number of anilines is 2. The number of nitrogens with one attached hydrogen (secondary N) is 1. The first kappa shape index (κ1) is 16.1. The predicted octanol–water partition coefficient (Wildman–Crippen LogP) is 4.00. The van der Waals surface area contributed by atoms with Crippen LogP contribution in [0, 0.1) is 11.3 Å². The first-order valence-corrected chi connectivity index (χ1v) is 8.38. The molecule has 1 saturated heterocycles. The van der Waals surface area contributed by atoms with Gasteiger partial charge in [-0.3, -0.25) is 4.79 Å². The van der Waals surface area contributed by atoms with Gasteiger partial charge >= 0.3 is 0 Å². The summed E-state index contributed by atoms with van der Waals surface area (Å²) < 4.78 is 0. The second-order valence-electron chi connectivity index (χ2n) is 6.08. The highest BCUT2D eigenvalue weighted by molar-refractivity contribution is 6.04. The monoisotopic (exact) mass is 319 g/mol. The molecule has 1 amide bonds. The van der Waals surface area contributed by atoms with E-state index in [1.54, 1.807) is 0 Å². The van der Waals surface area contributed by atoms with Gasteiger partial charge in [0.25, 0.3) is 5.91 Å². The van der Waals surface area contributed by atoms with Gasteiger partial charge < -0.3 is 10.2 Å². The lowest BCUT2D eigenvalue weighted by Gasteiger charge is -2.28. The van der Waals surface area contributed by atoms with Crippen LogP contribution < -0.4 is 10.2 Å². The van der Waals surface area contributed by atoms with E-state index in [2.05, 4.69) is 16.3 Å². The molecule has 24 heavy (non-hydrogen) atoms. The molecule has 2 aromatic carbocycles. The number of carbonyl (C=O) groups is 1. The lowest BCUT2D eigenvalue weighted by Crippen LogP contribution is -2.29. The number of benzene rings is 2. The molecule has 3 rings (SSSR count). The number of nitriles is 1. The van der Waals surface area contributed by atoms with Crippen molar-refractivity contribution in [3.63, 3.8) is 0 Å². The maximum atomic E-state index is 12.3. The van der Waals surface area contributed by atoms with Crippen LogP contribution in [-0.2, 0) is 6.42 Å². The maximum absolute atomic E-state index is 12.3. The Balaban J connectivity index is 1.63. The molecular weight excluding hydrogens is 298 g/mol. The Kier molecular flexibility index (Phi) is 5.12.